The molecule has 90 valence electrons. The van der Waals surface area contributed by atoms with E-state index in [1.807, 2.05) is 36.4 Å². The van der Waals surface area contributed by atoms with Crippen LogP contribution in [-0.4, -0.2) is 22.1 Å². The topological polar surface area (TPSA) is 39.9 Å². The number of methoxy groups -OCH3 is 1. The molecule has 0 aliphatic rings. The third kappa shape index (κ3) is 1.71. The molecule has 3 aromatic rings. The number of hydrogen-bond donors (Lipinski definition) is 0. The van der Waals surface area contributed by atoms with Crippen molar-refractivity contribution in [2.24, 2.45) is 0 Å². The van der Waals surface area contributed by atoms with Gasteiger partial charge >= 0.3 is 0 Å². The molecule has 0 amide bonds. The largest absolute Gasteiger partial charge is 0.494 e. The number of aromatic nitrogens is 3. The molecule has 0 fully saturated rings. The Hall–Kier alpha value is -2.07. The molecule has 4 nitrogen and oxygen atoms in total. The van der Waals surface area contributed by atoms with Gasteiger partial charge in [-0.2, -0.15) is 0 Å². The average molecular weight is 260 g/mol. The van der Waals surface area contributed by atoms with E-state index in [2.05, 4.69) is 10.3 Å². The van der Waals surface area contributed by atoms with Crippen LogP contribution in [0.15, 0.2) is 42.5 Å². The number of benzene rings is 2. The molecule has 0 bridgehead atoms. The number of rotatable bonds is 2. The Morgan fingerprint density at radius 2 is 2.00 bits per heavy atom. The molecule has 0 unspecified atom stereocenters. The number of nitrogens with zero attached hydrogens (tertiary/aromatic N) is 3. The maximum atomic E-state index is 5.93. The monoisotopic (exact) mass is 259 g/mol. The molecule has 0 aliphatic heterocycles. The molecule has 0 radical (unpaired) electrons. The van der Waals surface area contributed by atoms with Gasteiger partial charge in [0.15, 0.2) is 0 Å². The maximum Gasteiger partial charge on any atom is 0.144 e. The van der Waals surface area contributed by atoms with Crippen LogP contribution >= 0.6 is 11.6 Å². The van der Waals surface area contributed by atoms with E-state index in [1.165, 1.54) is 0 Å². The summed E-state index contributed by atoms with van der Waals surface area (Å²) in [4.78, 5) is 0. The lowest BCUT2D eigenvalue weighted by Gasteiger charge is -2.07. The van der Waals surface area contributed by atoms with E-state index in [-0.39, 0.29) is 0 Å². The van der Waals surface area contributed by atoms with Crippen LogP contribution in [0.3, 0.4) is 0 Å². The van der Waals surface area contributed by atoms with Crippen LogP contribution in [0.4, 0.5) is 0 Å². The highest BCUT2D eigenvalue weighted by molar-refractivity contribution is 6.31. The minimum Gasteiger partial charge on any atom is -0.494 e. The van der Waals surface area contributed by atoms with E-state index in [4.69, 9.17) is 16.3 Å². The molecule has 0 aliphatic carbocycles. The Balaban J connectivity index is 2.26. The lowest BCUT2D eigenvalue weighted by molar-refractivity contribution is 0.412. The Morgan fingerprint density at radius 3 is 2.83 bits per heavy atom. The third-order valence-corrected chi connectivity index (χ3v) is 2.96. The summed E-state index contributed by atoms with van der Waals surface area (Å²) in [6.07, 6.45) is 0. The van der Waals surface area contributed by atoms with E-state index < -0.39 is 0 Å². The molecule has 0 spiro atoms. The van der Waals surface area contributed by atoms with Crippen molar-refractivity contribution in [3.05, 3.63) is 47.5 Å². The Kier molecular flexibility index (Phi) is 2.64. The second kappa shape index (κ2) is 4.31. The molecule has 0 saturated heterocycles. The molecular weight excluding hydrogens is 250 g/mol. The van der Waals surface area contributed by atoms with Gasteiger partial charge in [-0.25, -0.2) is 4.68 Å². The van der Waals surface area contributed by atoms with Gasteiger partial charge in [0.1, 0.15) is 17.0 Å². The van der Waals surface area contributed by atoms with Gasteiger partial charge in [0.05, 0.1) is 12.6 Å². The fourth-order valence-electron chi connectivity index (χ4n) is 1.88. The molecule has 1 aromatic heterocycles. The summed E-state index contributed by atoms with van der Waals surface area (Å²) in [6, 6.07) is 13.2. The second-order valence-electron chi connectivity index (χ2n) is 3.81. The van der Waals surface area contributed by atoms with Gasteiger partial charge in [0, 0.05) is 5.02 Å². The average Bonchev–Trinajstić information content (AvgIpc) is 2.81. The summed E-state index contributed by atoms with van der Waals surface area (Å²) in [7, 11) is 1.63. The molecule has 0 N–H and O–H groups in total. The lowest BCUT2D eigenvalue weighted by atomic mass is 10.2. The van der Waals surface area contributed by atoms with Crippen molar-refractivity contribution in [3.63, 3.8) is 0 Å². The smallest absolute Gasteiger partial charge is 0.144 e. The van der Waals surface area contributed by atoms with Crippen molar-refractivity contribution in [2.45, 2.75) is 0 Å². The Labute approximate surface area is 109 Å². The van der Waals surface area contributed by atoms with Crippen molar-refractivity contribution in [2.75, 3.05) is 7.11 Å². The minimum atomic E-state index is 0.648. The quantitative estimate of drug-likeness (QED) is 0.710. The second-order valence-corrected chi connectivity index (χ2v) is 4.24. The Morgan fingerprint density at radius 1 is 1.17 bits per heavy atom. The molecule has 1 heterocycles. The lowest BCUT2D eigenvalue weighted by Crippen LogP contribution is -1.99. The summed E-state index contributed by atoms with van der Waals surface area (Å²) < 4.78 is 7.07. The first-order chi connectivity index (χ1) is 8.79. The molecule has 18 heavy (non-hydrogen) atoms. The minimum absolute atomic E-state index is 0.648. The number of halogens is 1. The van der Waals surface area contributed by atoms with Crippen molar-refractivity contribution >= 4 is 22.6 Å². The predicted octanol–water partition coefficient (Wildman–Crippen LogP) is 3.08. The third-order valence-electron chi connectivity index (χ3n) is 2.72. The summed E-state index contributed by atoms with van der Waals surface area (Å²) >= 11 is 5.93. The first-order valence-electron chi connectivity index (χ1n) is 5.44. The van der Waals surface area contributed by atoms with Crippen molar-refractivity contribution in [1.82, 2.24) is 15.0 Å². The molecule has 2 aromatic carbocycles. The molecule has 0 atom stereocenters. The Bertz CT molecular complexity index is 708. The molecule has 0 saturated carbocycles. The van der Waals surface area contributed by atoms with Crippen LogP contribution in [0.2, 0.25) is 5.02 Å². The van der Waals surface area contributed by atoms with Gasteiger partial charge in [-0.15, -0.1) is 5.10 Å². The fraction of sp³-hybridized carbons (Fsp3) is 0.0769. The summed E-state index contributed by atoms with van der Waals surface area (Å²) in [6.45, 7) is 0. The zero-order valence-electron chi connectivity index (χ0n) is 9.67. The summed E-state index contributed by atoms with van der Waals surface area (Å²) in [5, 5.41) is 8.90. The van der Waals surface area contributed by atoms with Crippen molar-refractivity contribution in [1.29, 1.82) is 0 Å². The molecule has 3 rings (SSSR count). The number of ether oxygens (including phenoxy) is 1. The van der Waals surface area contributed by atoms with Gasteiger partial charge in [-0.1, -0.05) is 28.9 Å². The van der Waals surface area contributed by atoms with Gasteiger partial charge in [-0.3, -0.25) is 0 Å². The van der Waals surface area contributed by atoms with Crippen LogP contribution < -0.4 is 4.74 Å². The zero-order chi connectivity index (χ0) is 12.5. The number of para-hydroxylation sites is 2. The first-order valence-corrected chi connectivity index (χ1v) is 5.82. The predicted molar refractivity (Wildman–Crippen MR) is 70.4 cm³/mol. The van der Waals surface area contributed by atoms with Gasteiger partial charge in [0.25, 0.3) is 0 Å². The van der Waals surface area contributed by atoms with Crippen LogP contribution in [0.1, 0.15) is 0 Å². The van der Waals surface area contributed by atoms with E-state index in [0.717, 1.165) is 22.5 Å². The first kappa shape index (κ1) is 11.0. The van der Waals surface area contributed by atoms with Crippen molar-refractivity contribution < 1.29 is 4.74 Å². The highest BCUT2D eigenvalue weighted by atomic mass is 35.5. The summed E-state index contributed by atoms with van der Waals surface area (Å²) in [5.41, 5.74) is 2.50. The number of fused-ring (bicyclic) bond motifs is 1. The fourth-order valence-corrected chi connectivity index (χ4v) is 2.05. The van der Waals surface area contributed by atoms with E-state index in [1.54, 1.807) is 17.9 Å². The standard InChI is InChI=1S/C13H10ClN3O/c1-18-13-5-3-2-4-12(13)17-11-7-6-9(14)8-10(11)15-16-17/h2-8H,1H3. The highest BCUT2D eigenvalue weighted by Crippen LogP contribution is 2.25. The van der Waals surface area contributed by atoms with E-state index in [0.29, 0.717) is 5.02 Å². The summed E-state index contributed by atoms with van der Waals surface area (Å²) in [5.74, 6) is 0.749. The van der Waals surface area contributed by atoms with Crippen LogP contribution in [0.5, 0.6) is 5.75 Å². The van der Waals surface area contributed by atoms with E-state index >= 15 is 0 Å². The van der Waals surface area contributed by atoms with Gasteiger partial charge in [-0.05, 0) is 30.3 Å². The maximum absolute atomic E-state index is 5.93. The zero-order valence-corrected chi connectivity index (χ0v) is 10.4. The highest BCUT2D eigenvalue weighted by Gasteiger charge is 2.10. The molecular formula is C13H10ClN3O. The van der Waals surface area contributed by atoms with Gasteiger partial charge < -0.3 is 4.74 Å². The molecule has 5 heteroatoms. The SMILES string of the molecule is COc1ccccc1-n1nnc2cc(Cl)ccc21. The normalized spacial score (nSPS) is 10.8. The van der Waals surface area contributed by atoms with E-state index in [9.17, 15) is 0 Å². The van der Waals surface area contributed by atoms with Crippen LogP contribution in [0, 0.1) is 0 Å². The van der Waals surface area contributed by atoms with Crippen LogP contribution in [0.25, 0.3) is 16.7 Å². The van der Waals surface area contributed by atoms with Gasteiger partial charge in [0.2, 0.25) is 0 Å². The number of hydrogen-bond acceptors (Lipinski definition) is 3. The van der Waals surface area contributed by atoms with Crippen molar-refractivity contribution in [3.8, 4) is 11.4 Å². The van der Waals surface area contributed by atoms with Crippen LogP contribution in [-0.2, 0) is 0 Å².